The molecule has 1 aromatic rings. The van der Waals surface area contributed by atoms with Crippen molar-refractivity contribution in [3.63, 3.8) is 0 Å². The monoisotopic (exact) mass is 448 g/mol. The van der Waals surface area contributed by atoms with Gasteiger partial charge in [0.1, 0.15) is 17.8 Å². The van der Waals surface area contributed by atoms with Crippen LogP contribution in [0.25, 0.3) is 0 Å². The highest BCUT2D eigenvalue weighted by atomic mass is 29.9. The Morgan fingerprint density at radius 1 is 0.929 bits per heavy atom. The van der Waals surface area contributed by atoms with Gasteiger partial charge in [0.05, 0.1) is 12.2 Å². The van der Waals surface area contributed by atoms with Crippen molar-refractivity contribution in [3.05, 3.63) is 54.6 Å². The molecule has 1 rings (SSSR count). The molecule has 0 amide bonds. The van der Waals surface area contributed by atoms with Crippen molar-refractivity contribution >= 4 is 34.8 Å². The average molecular weight is 449 g/mol. The number of para-hydroxylation sites is 1. The molecule has 0 saturated carbocycles. The normalized spacial score (nSPS) is 13.6. The lowest BCUT2D eigenvalue weighted by molar-refractivity contribution is 0.107. The van der Waals surface area contributed by atoms with Gasteiger partial charge in [0.2, 0.25) is 0 Å². The Bertz CT molecular complexity index is 683. The molecule has 0 N–H and O–H groups in total. The Morgan fingerprint density at radius 3 is 1.89 bits per heavy atom. The highest BCUT2D eigenvalue weighted by Gasteiger charge is 2.66. The molecule has 0 bridgehead atoms. The van der Waals surface area contributed by atoms with Crippen LogP contribution in [0.5, 0.6) is 5.75 Å². The minimum Gasteiger partial charge on any atom is -0.493 e. The Labute approximate surface area is 176 Å². The van der Waals surface area contributed by atoms with Crippen LogP contribution in [0.2, 0.25) is 58.9 Å². The summed E-state index contributed by atoms with van der Waals surface area (Å²) in [5.41, 5.74) is 0.842. The van der Waals surface area contributed by atoms with E-state index >= 15 is 0 Å². The van der Waals surface area contributed by atoms with E-state index in [0.717, 1.165) is 17.7 Å². The Morgan fingerprint density at radius 2 is 1.43 bits per heavy atom. The van der Waals surface area contributed by atoms with E-state index in [1.54, 1.807) is 6.08 Å². The first-order chi connectivity index (χ1) is 12.7. The van der Waals surface area contributed by atoms with Crippen LogP contribution in [0.3, 0.4) is 0 Å². The quantitative estimate of drug-likeness (QED) is 0.228. The molecule has 0 heterocycles. The number of hydrogen-bond donors (Lipinski definition) is 0. The van der Waals surface area contributed by atoms with Gasteiger partial charge in [-0.15, -0.1) is 0 Å². The smallest absolute Gasteiger partial charge is 0.136 e. The van der Waals surface area contributed by atoms with Gasteiger partial charge < -0.3 is 9.53 Å². The van der Waals surface area contributed by atoms with Gasteiger partial charge >= 0.3 is 0 Å². The second-order valence-corrected chi connectivity index (χ2v) is 50.8. The topological polar surface area (TPSA) is 26.3 Å². The van der Waals surface area contributed by atoms with E-state index in [-0.39, 0.29) is 0 Å². The molecule has 0 atom stereocenters. The average Bonchev–Trinajstić information content (AvgIpc) is 2.51. The maximum absolute atomic E-state index is 14.4. The van der Waals surface area contributed by atoms with E-state index in [2.05, 4.69) is 65.5 Å². The highest BCUT2D eigenvalue weighted by molar-refractivity contribution is 7.97. The predicted octanol–water partition coefficient (Wildman–Crippen LogP) is 6.62. The molecule has 0 spiro atoms. The molecule has 0 aliphatic heterocycles. The fourth-order valence-corrected chi connectivity index (χ4v) is 104. The zero-order valence-corrected chi connectivity index (χ0v) is 23.5. The van der Waals surface area contributed by atoms with Crippen LogP contribution < -0.4 is 4.74 Å². The van der Waals surface area contributed by atoms with E-state index in [4.69, 9.17) is 4.74 Å². The zero-order valence-electron chi connectivity index (χ0n) is 19.5. The van der Waals surface area contributed by atoms with Crippen molar-refractivity contribution in [1.82, 2.24) is 0 Å². The van der Waals surface area contributed by atoms with Crippen molar-refractivity contribution in [2.24, 2.45) is 0 Å². The summed E-state index contributed by atoms with van der Waals surface area (Å²) in [5.74, 6) is 0.770. The summed E-state index contributed by atoms with van der Waals surface area (Å²) in [6, 6.07) is 7.96. The van der Waals surface area contributed by atoms with Crippen LogP contribution in [0.4, 0.5) is 0 Å². The van der Waals surface area contributed by atoms with Crippen LogP contribution >= 0.6 is 0 Å². The Hall–Kier alpha value is -0.962. The number of allylic oxidation sites excluding steroid dienone is 2. The van der Waals surface area contributed by atoms with Crippen molar-refractivity contribution < 1.29 is 9.53 Å². The molecular weight excluding hydrogens is 409 g/mol. The van der Waals surface area contributed by atoms with Crippen molar-refractivity contribution in [1.29, 1.82) is 0 Å². The van der Waals surface area contributed by atoms with Gasteiger partial charge in [-0.1, -0.05) is 95.9 Å². The molecule has 156 valence electrons. The van der Waals surface area contributed by atoms with Crippen molar-refractivity contribution in [2.75, 3.05) is 6.61 Å². The van der Waals surface area contributed by atoms with Crippen molar-refractivity contribution in [3.8, 4) is 5.75 Å². The van der Waals surface area contributed by atoms with Crippen LogP contribution in [-0.4, -0.2) is 41.4 Å². The standard InChI is InChI=1S/C22H40O2Si4/c1-11-12-13-16-19-24-21-18-15-14-17-20(21)22(23)28(25(2,3)4,26(5,6)7)27(8,9)10/h11-15,17-18H,1,16,19H2,2-10H3/b13-12+. The highest BCUT2D eigenvalue weighted by Crippen LogP contribution is 2.40. The number of rotatable bonds is 10. The van der Waals surface area contributed by atoms with E-state index in [1.807, 2.05) is 36.4 Å². The molecule has 0 aromatic heterocycles. The third-order valence-corrected chi connectivity index (χ3v) is 76.2. The molecule has 1 aromatic carbocycles. The van der Waals surface area contributed by atoms with Crippen LogP contribution in [0.15, 0.2) is 49.1 Å². The molecule has 6 heteroatoms. The molecule has 0 unspecified atom stereocenters. The maximum atomic E-state index is 14.4. The van der Waals surface area contributed by atoms with Crippen LogP contribution in [-0.2, 0) is 0 Å². The molecule has 0 aliphatic carbocycles. The lowest BCUT2D eigenvalue weighted by Gasteiger charge is -2.55. The number of hydrogen-bond acceptors (Lipinski definition) is 2. The lowest BCUT2D eigenvalue weighted by Crippen LogP contribution is -2.86. The Kier molecular flexibility index (Phi) is 8.27. The summed E-state index contributed by atoms with van der Waals surface area (Å²) < 4.78 is 6.10. The summed E-state index contributed by atoms with van der Waals surface area (Å²) in [6.07, 6.45) is 6.56. The van der Waals surface area contributed by atoms with Gasteiger partial charge in [0.15, 0.2) is 0 Å². The SMILES string of the molecule is C=C/C=C/CCOc1ccccc1C(=O)[Si]([Si](C)(C)C)([Si](C)(C)C)[Si](C)(C)C. The number of benzene rings is 1. The Balaban J connectivity index is 3.51. The van der Waals surface area contributed by atoms with Gasteiger partial charge in [0, 0.05) is 22.8 Å². The summed E-state index contributed by atoms with van der Waals surface area (Å²) in [7, 11) is -5.07. The van der Waals surface area contributed by atoms with Crippen LogP contribution in [0, 0.1) is 0 Å². The second-order valence-electron chi connectivity index (χ2n) is 10.6. The summed E-state index contributed by atoms with van der Waals surface area (Å²) in [4.78, 5) is 14.4. The van der Waals surface area contributed by atoms with Gasteiger partial charge in [-0.05, 0) is 18.6 Å². The number of carbonyl (C=O) groups excluding carboxylic acids is 1. The first-order valence-corrected chi connectivity index (χ1v) is 25.8. The molecule has 2 nitrogen and oxygen atoms in total. The predicted molar refractivity (Wildman–Crippen MR) is 136 cm³/mol. The number of carbonyl (C=O) groups is 1. The van der Waals surface area contributed by atoms with Gasteiger partial charge in [-0.2, -0.15) is 0 Å². The van der Waals surface area contributed by atoms with E-state index in [9.17, 15) is 4.79 Å². The minimum atomic E-state index is -2.17. The first-order valence-electron chi connectivity index (χ1n) is 10.3. The lowest BCUT2D eigenvalue weighted by atomic mass is 10.2. The molecule has 0 fully saturated rings. The molecule has 0 saturated heterocycles. The summed E-state index contributed by atoms with van der Waals surface area (Å²) in [5, 5.41) is 0.488. The van der Waals surface area contributed by atoms with Crippen LogP contribution in [0.1, 0.15) is 16.8 Å². The fourth-order valence-electron chi connectivity index (χ4n) is 5.81. The zero-order chi connectivity index (χ0) is 21.8. The second kappa shape index (κ2) is 9.24. The maximum Gasteiger partial charge on any atom is 0.136 e. The van der Waals surface area contributed by atoms with Gasteiger partial charge in [0.25, 0.3) is 0 Å². The number of ether oxygens (including phenoxy) is 1. The van der Waals surface area contributed by atoms with E-state index < -0.39 is 29.4 Å². The van der Waals surface area contributed by atoms with Crippen molar-refractivity contribution in [2.45, 2.75) is 65.3 Å². The summed E-state index contributed by atoms with van der Waals surface area (Å²) in [6.45, 7) is 24.2. The molecule has 0 radical (unpaired) electrons. The first kappa shape index (κ1) is 25.1. The third-order valence-electron chi connectivity index (χ3n) is 5.66. The van der Waals surface area contributed by atoms with Gasteiger partial charge in [-0.25, -0.2) is 0 Å². The molecule has 28 heavy (non-hydrogen) atoms. The fraction of sp³-hybridized carbons (Fsp3) is 0.500. The largest absolute Gasteiger partial charge is 0.493 e. The van der Waals surface area contributed by atoms with Gasteiger partial charge in [-0.3, -0.25) is 0 Å². The third kappa shape index (κ3) is 4.95. The molecule has 0 aliphatic rings. The minimum absolute atomic E-state index is 0.488. The van der Waals surface area contributed by atoms with E-state index in [0.29, 0.717) is 12.0 Å². The van der Waals surface area contributed by atoms with E-state index in [1.165, 1.54) is 0 Å². The molecular formula is C22H40O2Si4. The summed E-state index contributed by atoms with van der Waals surface area (Å²) >= 11 is 0.